The first-order valence-corrected chi connectivity index (χ1v) is 8.99. The van der Waals surface area contributed by atoms with Crippen molar-refractivity contribution in [3.8, 4) is 5.75 Å². The average Bonchev–Trinajstić information content (AvgIpc) is 3.13. The molecule has 24 heavy (non-hydrogen) atoms. The van der Waals surface area contributed by atoms with E-state index in [0.717, 1.165) is 48.6 Å². The number of hydrogen-bond acceptors (Lipinski definition) is 4. The Labute approximate surface area is 142 Å². The van der Waals surface area contributed by atoms with Crippen LogP contribution in [-0.2, 0) is 12.8 Å². The number of pyridine rings is 1. The molecule has 2 N–H and O–H groups in total. The molecule has 1 aromatic rings. The SMILES string of the molecule is COc1cc(CCCCC(F)(F)C2CCNC2)nc2c1CCCN2. The number of nitrogens with zero attached hydrogens (tertiary/aromatic N) is 1. The number of nitrogens with one attached hydrogen (secondary N) is 2. The molecule has 0 saturated carbocycles. The van der Waals surface area contributed by atoms with Crippen molar-refractivity contribution in [1.82, 2.24) is 10.3 Å². The van der Waals surface area contributed by atoms with Gasteiger partial charge in [0, 0.05) is 42.8 Å². The number of anilines is 1. The summed E-state index contributed by atoms with van der Waals surface area (Å²) >= 11 is 0. The number of ether oxygens (including phenoxy) is 1. The van der Waals surface area contributed by atoms with E-state index in [9.17, 15) is 8.78 Å². The second-order valence-electron chi connectivity index (χ2n) is 6.83. The highest BCUT2D eigenvalue weighted by Crippen LogP contribution is 2.34. The van der Waals surface area contributed by atoms with Gasteiger partial charge in [-0.25, -0.2) is 13.8 Å². The van der Waals surface area contributed by atoms with Crippen LogP contribution in [0.2, 0.25) is 0 Å². The summed E-state index contributed by atoms with van der Waals surface area (Å²) in [6.07, 6.45) is 4.57. The minimum Gasteiger partial charge on any atom is -0.496 e. The van der Waals surface area contributed by atoms with Crippen molar-refractivity contribution >= 4 is 5.82 Å². The van der Waals surface area contributed by atoms with E-state index in [4.69, 9.17) is 4.74 Å². The van der Waals surface area contributed by atoms with Crippen molar-refractivity contribution in [2.45, 2.75) is 50.9 Å². The molecule has 0 aliphatic carbocycles. The van der Waals surface area contributed by atoms with E-state index in [1.54, 1.807) is 7.11 Å². The van der Waals surface area contributed by atoms with Gasteiger partial charge >= 0.3 is 0 Å². The molecule has 2 aliphatic heterocycles. The van der Waals surface area contributed by atoms with Gasteiger partial charge in [-0.15, -0.1) is 0 Å². The summed E-state index contributed by atoms with van der Waals surface area (Å²) in [6, 6.07) is 1.96. The highest BCUT2D eigenvalue weighted by molar-refractivity contribution is 5.54. The molecule has 1 aromatic heterocycles. The third kappa shape index (κ3) is 3.97. The number of aryl methyl sites for hydroxylation is 1. The van der Waals surface area contributed by atoms with Gasteiger partial charge in [-0.3, -0.25) is 0 Å². The third-order valence-electron chi connectivity index (χ3n) is 5.10. The Hall–Kier alpha value is -1.43. The Morgan fingerprint density at radius 2 is 2.21 bits per heavy atom. The molecule has 6 heteroatoms. The lowest BCUT2D eigenvalue weighted by Crippen LogP contribution is -2.30. The van der Waals surface area contributed by atoms with Gasteiger partial charge in [-0.1, -0.05) is 0 Å². The quantitative estimate of drug-likeness (QED) is 0.748. The molecule has 0 radical (unpaired) electrons. The molecule has 3 rings (SSSR count). The summed E-state index contributed by atoms with van der Waals surface area (Å²) in [5, 5.41) is 6.34. The molecule has 3 heterocycles. The largest absolute Gasteiger partial charge is 0.496 e. The first kappa shape index (κ1) is 17.4. The molecule has 1 saturated heterocycles. The highest BCUT2D eigenvalue weighted by Gasteiger charge is 2.40. The van der Waals surface area contributed by atoms with Crippen molar-refractivity contribution in [2.75, 3.05) is 32.1 Å². The molecule has 1 atom stereocenters. The lowest BCUT2D eigenvalue weighted by atomic mass is 9.95. The van der Waals surface area contributed by atoms with E-state index >= 15 is 0 Å². The standard InChI is InChI=1S/C18H27F2N3O/c1-24-16-11-14(23-17-15(16)6-4-9-22-17)5-2-3-8-18(19,20)13-7-10-21-12-13/h11,13,21H,2-10,12H2,1H3,(H,22,23). The van der Waals surface area contributed by atoms with Gasteiger partial charge in [0.25, 0.3) is 5.92 Å². The van der Waals surface area contributed by atoms with E-state index in [-0.39, 0.29) is 6.42 Å². The number of methoxy groups -OCH3 is 1. The van der Waals surface area contributed by atoms with Crippen LogP contribution in [0.25, 0.3) is 0 Å². The number of rotatable bonds is 7. The fraction of sp³-hybridized carbons (Fsp3) is 0.722. The van der Waals surface area contributed by atoms with E-state index in [2.05, 4.69) is 15.6 Å². The van der Waals surface area contributed by atoms with Crippen molar-refractivity contribution in [3.05, 3.63) is 17.3 Å². The first-order chi connectivity index (χ1) is 11.6. The van der Waals surface area contributed by atoms with Gasteiger partial charge in [-0.2, -0.15) is 0 Å². The number of aromatic nitrogens is 1. The summed E-state index contributed by atoms with van der Waals surface area (Å²) in [7, 11) is 1.67. The molecule has 0 bridgehead atoms. The highest BCUT2D eigenvalue weighted by atomic mass is 19.3. The number of halogens is 2. The van der Waals surface area contributed by atoms with Crippen molar-refractivity contribution in [3.63, 3.8) is 0 Å². The van der Waals surface area contributed by atoms with Gasteiger partial charge < -0.3 is 15.4 Å². The van der Waals surface area contributed by atoms with Crippen LogP contribution in [-0.4, -0.2) is 37.7 Å². The summed E-state index contributed by atoms with van der Waals surface area (Å²) in [4.78, 5) is 4.64. The van der Waals surface area contributed by atoms with Crippen LogP contribution in [0, 0.1) is 5.92 Å². The van der Waals surface area contributed by atoms with Crippen LogP contribution in [0.15, 0.2) is 6.07 Å². The van der Waals surface area contributed by atoms with Crippen molar-refractivity contribution in [1.29, 1.82) is 0 Å². The lowest BCUT2D eigenvalue weighted by Gasteiger charge is -2.22. The Bertz CT molecular complexity index is 542. The molecule has 0 aromatic carbocycles. The van der Waals surface area contributed by atoms with Crippen LogP contribution >= 0.6 is 0 Å². The van der Waals surface area contributed by atoms with Crippen molar-refractivity contribution in [2.24, 2.45) is 5.92 Å². The van der Waals surface area contributed by atoms with Crippen molar-refractivity contribution < 1.29 is 13.5 Å². The Morgan fingerprint density at radius 1 is 1.33 bits per heavy atom. The fourth-order valence-electron chi connectivity index (χ4n) is 3.65. The van der Waals surface area contributed by atoms with Crippen LogP contribution in [0.4, 0.5) is 14.6 Å². The third-order valence-corrected chi connectivity index (χ3v) is 5.10. The predicted molar refractivity (Wildman–Crippen MR) is 91.1 cm³/mol. The summed E-state index contributed by atoms with van der Waals surface area (Å²) in [5.74, 6) is -1.28. The lowest BCUT2D eigenvalue weighted by molar-refractivity contribution is -0.0597. The monoisotopic (exact) mass is 339 g/mol. The number of unbranched alkanes of at least 4 members (excludes halogenated alkanes) is 1. The average molecular weight is 339 g/mol. The topological polar surface area (TPSA) is 46.2 Å². The van der Waals surface area contributed by atoms with Crippen LogP contribution < -0.4 is 15.4 Å². The van der Waals surface area contributed by atoms with E-state index in [1.165, 1.54) is 0 Å². The molecule has 1 unspecified atom stereocenters. The maximum Gasteiger partial charge on any atom is 0.252 e. The zero-order valence-corrected chi connectivity index (χ0v) is 14.3. The molecular weight excluding hydrogens is 312 g/mol. The number of fused-ring (bicyclic) bond motifs is 1. The summed E-state index contributed by atoms with van der Waals surface area (Å²) < 4.78 is 33.7. The Balaban J connectivity index is 1.53. The van der Waals surface area contributed by atoms with Gasteiger partial charge in [0.05, 0.1) is 7.11 Å². The maximum absolute atomic E-state index is 14.1. The van der Waals surface area contributed by atoms with Gasteiger partial charge in [0.2, 0.25) is 0 Å². The molecule has 134 valence electrons. The minimum absolute atomic E-state index is 0.0281. The minimum atomic E-state index is -2.55. The van der Waals surface area contributed by atoms with E-state index in [0.29, 0.717) is 32.4 Å². The van der Waals surface area contributed by atoms with E-state index in [1.807, 2.05) is 6.07 Å². The van der Waals surface area contributed by atoms with Crippen LogP contribution in [0.3, 0.4) is 0 Å². The predicted octanol–water partition coefficient (Wildman–Crippen LogP) is 3.41. The number of alkyl halides is 2. The van der Waals surface area contributed by atoms with Gasteiger partial charge in [0.15, 0.2) is 0 Å². The van der Waals surface area contributed by atoms with E-state index < -0.39 is 11.8 Å². The molecule has 0 spiro atoms. The summed E-state index contributed by atoms with van der Waals surface area (Å²) in [5.41, 5.74) is 2.05. The molecule has 2 aliphatic rings. The molecule has 0 amide bonds. The maximum atomic E-state index is 14.1. The number of hydrogen-bond donors (Lipinski definition) is 2. The smallest absolute Gasteiger partial charge is 0.252 e. The van der Waals surface area contributed by atoms with Crippen LogP contribution in [0.1, 0.15) is 43.4 Å². The summed E-state index contributed by atoms with van der Waals surface area (Å²) in [6.45, 7) is 2.09. The normalized spacial score (nSPS) is 20.5. The zero-order chi connectivity index (χ0) is 17.0. The van der Waals surface area contributed by atoms with Crippen LogP contribution in [0.5, 0.6) is 5.75 Å². The van der Waals surface area contributed by atoms with Gasteiger partial charge in [0.1, 0.15) is 11.6 Å². The Morgan fingerprint density at radius 3 is 2.96 bits per heavy atom. The molecule has 4 nitrogen and oxygen atoms in total. The Kier molecular flexibility index (Phi) is 5.54. The fourth-order valence-corrected chi connectivity index (χ4v) is 3.65. The molecule has 1 fully saturated rings. The second kappa shape index (κ2) is 7.64. The zero-order valence-electron chi connectivity index (χ0n) is 14.3. The second-order valence-corrected chi connectivity index (χ2v) is 6.83. The van der Waals surface area contributed by atoms with Gasteiger partial charge in [-0.05, 0) is 45.1 Å². The molecular formula is C18H27F2N3O. The first-order valence-electron chi connectivity index (χ1n) is 8.99.